The highest BCUT2D eigenvalue weighted by Crippen LogP contribution is 2.30. The zero-order valence-electron chi connectivity index (χ0n) is 9.28. The molecule has 2 N–H and O–H groups in total. The first-order valence-corrected chi connectivity index (χ1v) is 6.03. The molecule has 2 nitrogen and oxygen atoms in total. The second-order valence-electron chi connectivity index (χ2n) is 4.48. The molecule has 1 aliphatic rings. The van der Waals surface area contributed by atoms with E-state index < -0.39 is 0 Å². The molecule has 0 aliphatic heterocycles. The molecular formula is C13H20N2. The number of nitrogens with zero attached hydrogens (tertiary/aromatic N) is 1. The van der Waals surface area contributed by atoms with E-state index in [9.17, 15) is 0 Å². The number of pyridine rings is 1. The predicted molar refractivity (Wildman–Crippen MR) is 62.7 cm³/mol. The third-order valence-corrected chi connectivity index (χ3v) is 3.41. The van der Waals surface area contributed by atoms with Crippen LogP contribution in [0.5, 0.6) is 0 Å². The van der Waals surface area contributed by atoms with Crippen LogP contribution in [0.2, 0.25) is 0 Å². The molecule has 0 amide bonds. The van der Waals surface area contributed by atoms with Crippen LogP contribution in [0.4, 0.5) is 0 Å². The van der Waals surface area contributed by atoms with E-state index in [1.807, 2.05) is 12.3 Å². The second-order valence-corrected chi connectivity index (χ2v) is 4.48. The number of nitrogens with two attached hydrogens (primary N) is 1. The van der Waals surface area contributed by atoms with Crippen molar-refractivity contribution in [3.8, 4) is 0 Å². The maximum absolute atomic E-state index is 5.59. The SMILES string of the molecule is NCCc1cccnc1CCC1CCC1. The zero-order valence-corrected chi connectivity index (χ0v) is 9.28. The summed E-state index contributed by atoms with van der Waals surface area (Å²) in [5.41, 5.74) is 8.21. The van der Waals surface area contributed by atoms with Crippen LogP contribution in [0.1, 0.15) is 36.9 Å². The van der Waals surface area contributed by atoms with Gasteiger partial charge in [-0.25, -0.2) is 0 Å². The minimum Gasteiger partial charge on any atom is -0.330 e. The number of hydrogen-bond donors (Lipinski definition) is 1. The smallest absolute Gasteiger partial charge is 0.0436 e. The Morgan fingerprint density at radius 1 is 1.33 bits per heavy atom. The van der Waals surface area contributed by atoms with Gasteiger partial charge in [-0.15, -0.1) is 0 Å². The van der Waals surface area contributed by atoms with Gasteiger partial charge in [0.2, 0.25) is 0 Å². The van der Waals surface area contributed by atoms with Crippen LogP contribution < -0.4 is 5.73 Å². The summed E-state index contributed by atoms with van der Waals surface area (Å²) in [4.78, 5) is 4.47. The van der Waals surface area contributed by atoms with Gasteiger partial charge in [0.15, 0.2) is 0 Å². The van der Waals surface area contributed by atoms with E-state index >= 15 is 0 Å². The number of aryl methyl sites for hydroxylation is 1. The zero-order chi connectivity index (χ0) is 10.5. The Kier molecular flexibility index (Phi) is 3.73. The monoisotopic (exact) mass is 204 g/mol. The molecule has 0 bridgehead atoms. The van der Waals surface area contributed by atoms with Gasteiger partial charge in [-0.2, -0.15) is 0 Å². The van der Waals surface area contributed by atoms with E-state index in [4.69, 9.17) is 5.73 Å². The van der Waals surface area contributed by atoms with Crippen LogP contribution in [-0.4, -0.2) is 11.5 Å². The lowest BCUT2D eigenvalue weighted by atomic mass is 9.81. The van der Waals surface area contributed by atoms with Gasteiger partial charge < -0.3 is 5.73 Å². The van der Waals surface area contributed by atoms with Gasteiger partial charge in [0.1, 0.15) is 0 Å². The first-order valence-electron chi connectivity index (χ1n) is 6.03. The molecule has 0 saturated heterocycles. The Balaban J connectivity index is 1.92. The maximum atomic E-state index is 5.59. The molecule has 0 aromatic carbocycles. The third kappa shape index (κ3) is 2.78. The quantitative estimate of drug-likeness (QED) is 0.799. The predicted octanol–water partition coefficient (Wildman–Crippen LogP) is 2.32. The molecule has 1 saturated carbocycles. The molecule has 82 valence electrons. The maximum Gasteiger partial charge on any atom is 0.0436 e. The summed E-state index contributed by atoms with van der Waals surface area (Å²) < 4.78 is 0. The van der Waals surface area contributed by atoms with Gasteiger partial charge in [0.05, 0.1) is 0 Å². The van der Waals surface area contributed by atoms with Crippen molar-refractivity contribution in [2.24, 2.45) is 11.7 Å². The van der Waals surface area contributed by atoms with E-state index in [0.717, 1.165) is 25.3 Å². The Morgan fingerprint density at radius 2 is 2.20 bits per heavy atom. The van der Waals surface area contributed by atoms with Crippen molar-refractivity contribution in [3.05, 3.63) is 29.6 Å². The summed E-state index contributed by atoms with van der Waals surface area (Å²) in [5.74, 6) is 0.970. The number of hydrogen-bond acceptors (Lipinski definition) is 2. The lowest BCUT2D eigenvalue weighted by Crippen LogP contribution is -2.13. The fourth-order valence-electron chi connectivity index (χ4n) is 2.20. The van der Waals surface area contributed by atoms with Gasteiger partial charge in [-0.3, -0.25) is 4.98 Å². The molecule has 0 radical (unpaired) electrons. The summed E-state index contributed by atoms with van der Waals surface area (Å²) in [7, 11) is 0. The van der Waals surface area contributed by atoms with Crippen LogP contribution in [0, 0.1) is 5.92 Å². The molecule has 2 heteroatoms. The van der Waals surface area contributed by atoms with Gasteiger partial charge in [0, 0.05) is 11.9 Å². The Labute approximate surface area is 91.9 Å². The number of rotatable bonds is 5. The largest absolute Gasteiger partial charge is 0.330 e. The topological polar surface area (TPSA) is 38.9 Å². The fraction of sp³-hybridized carbons (Fsp3) is 0.615. The molecule has 1 aromatic heterocycles. The molecule has 0 unspecified atom stereocenters. The van der Waals surface area contributed by atoms with Crippen LogP contribution in [0.3, 0.4) is 0 Å². The van der Waals surface area contributed by atoms with Crippen LogP contribution >= 0.6 is 0 Å². The van der Waals surface area contributed by atoms with Crippen molar-refractivity contribution >= 4 is 0 Å². The van der Waals surface area contributed by atoms with Crippen molar-refractivity contribution in [3.63, 3.8) is 0 Å². The molecule has 1 heterocycles. The van der Waals surface area contributed by atoms with E-state index in [-0.39, 0.29) is 0 Å². The van der Waals surface area contributed by atoms with Gasteiger partial charge in [-0.05, 0) is 43.4 Å². The standard InChI is InChI=1S/C13H20N2/c14-9-8-12-5-2-10-15-13(12)7-6-11-3-1-4-11/h2,5,10-11H,1,3-4,6-9,14H2. The Hall–Kier alpha value is -0.890. The van der Waals surface area contributed by atoms with Crippen molar-refractivity contribution in [1.29, 1.82) is 0 Å². The Morgan fingerprint density at radius 3 is 2.87 bits per heavy atom. The molecule has 2 rings (SSSR count). The van der Waals surface area contributed by atoms with E-state index in [0.29, 0.717) is 0 Å². The van der Waals surface area contributed by atoms with E-state index in [2.05, 4.69) is 11.1 Å². The van der Waals surface area contributed by atoms with Crippen LogP contribution in [-0.2, 0) is 12.8 Å². The van der Waals surface area contributed by atoms with E-state index in [1.54, 1.807) is 0 Å². The van der Waals surface area contributed by atoms with Crippen LogP contribution in [0.25, 0.3) is 0 Å². The normalized spacial score (nSPS) is 16.3. The first-order chi connectivity index (χ1) is 7.40. The average Bonchev–Trinajstić information content (AvgIpc) is 2.18. The minimum absolute atomic E-state index is 0.724. The molecule has 0 spiro atoms. The van der Waals surface area contributed by atoms with Crippen molar-refractivity contribution in [2.45, 2.75) is 38.5 Å². The van der Waals surface area contributed by atoms with E-state index in [1.165, 1.54) is 36.9 Å². The first kappa shape index (κ1) is 10.6. The molecule has 1 aliphatic carbocycles. The molecule has 15 heavy (non-hydrogen) atoms. The molecule has 1 aromatic rings. The molecule has 0 atom stereocenters. The Bertz CT molecular complexity index is 305. The average molecular weight is 204 g/mol. The number of aromatic nitrogens is 1. The third-order valence-electron chi connectivity index (χ3n) is 3.41. The molecular weight excluding hydrogens is 184 g/mol. The highest BCUT2D eigenvalue weighted by molar-refractivity contribution is 5.20. The van der Waals surface area contributed by atoms with Crippen molar-refractivity contribution in [1.82, 2.24) is 4.98 Å². The highest BCUT2D eigenvalue weighted by Gasteiger charge is 2.17. The molecule has 1 fully saturated rings. The van der Waals surface area contributed by atoms with Crippen molar-refractivity contribution in [2.75, 3.05) is 6.54 Å². The second kappa shape index (κ2) is 5.26. The highest BCUT2D eigenvalue weighted by atomic mass is 14.7. The lowest BCUT2D eigenvalue weighted by Gasteiger charge is -2.25. The van der Waals surface area contributed by atoms with Gasteiger partial charge >= 0.3 is 0 Å². The van der Waals surface area contributed by atoms with Crippen molar-refractivity contribution < 1.29 is 0 Å². The summed E-state index contributed by atoms with van der Waals surface area (Å²) in [6.45, 7) is 0.724. The van der Waals surface area contributed by atoms with Gasteiger partial charge in [0.25, 0.3) is 0 Å². The minimum atomic E-state index is 0.724. The summed E-state index contributed by atoms with van der Waals surface area (Å²) in [5, 5.41) is 0. The summed E-state index contributed by atoms with van der Waals surface area (Å²) in [6.07, 6.45) is 9.61. The summed E-state index contributed by atoms with van der Waals surface area (Å²) in [6, 6.07) is 4.17. The van der Waals surface area contributed by atoms with Gasteiger partial charge in [-0.1, -0.05) is 25.3 Å². The lowest BCUT2D eigenvalue weighted by molar-refractivity contribution is 0.295. The van der Waals surface area contributed by atoms with Crippen LogP contribution in [0.15, 0.2) is 18.3 Å². The summed E-state index contributed by atoms with van der Waals surface area (Å²) >= 11 is 0. The fourth-order valence-corrected chi connectivity index (χ4v) is 2.20.